The standard InChI is InChI=1S/C12H17BrN2/c1-9(2)7-15-4-3-12-10(8-15)5-11(13)6-14-12/h5-6,9H,3-4,7-8H2,1-2H3. The van der Waals surface area contributed by atoms with Crippen LogP contribution in [-0.4, -0.2) is 23.0 Å². The average Bonchev–Trinajstić information content (AvgIpc) is 2.16. The third kappa shape index (κ3) is 2.79. The summed E-state index contributed by atoms with van der Waals surface area (Å²) in [6.07, 6.45) is 2.99. The van der Waals surface area contributed by atoms with Gasteiger partial charge in [-0.1, -0.05) is 13.8 Å². The molecule has 0 saturated heterocycles. The summed E-state index contributed by atoms with van der Waals surface area (Å²) in [5.74, 6) is 0.742. The van der Waals surface area contributed by atoms with E-state index in [4.69, 9.17) is 0 Å². The normalized spacial score (nSPS) is 16.8. The molecule has 2 nitrogen and oxygen atoms in total. The van der Waals surface area contributed by atoms with Gasteiger partial charge in [-0.3, -0.25) is 9.88 Å². The van der Waals surface area contributed by atoms with Gasteiger partial charge in [-0.05, 0) is 33.5 Å². The third-order valence-electron chi connectivity index (χ3n) is 2.71. The number of rotatable bonds is 2. The van der Waals surface area contributed by atoms with E-state index in [0.29, 0.717) is 0 Å². The van der Waals surface area contributed by atoms with Crippen LogP contribution in [0.5, 0.6) is 0 Å². The van der Waals surface area contributed by atoms with Gasteiger partial charge in [0.25, 0.3) is 0 Å². The predicted octanol–water partition coefficient (Wildman–Crippen LogP) is 2.86. The maximum absolute atomic E-state index is 4.46. The van der Waals surface area contributed by atoms with Crippen LogP contribution in [0, 0.1) is 5.92 Å². The van der Waals surface area contributed by atoms with Crippen molar-refractivity contribution in [2.45, 2.75) is 26.8 Å². The first-order chi connectivity index (χ1) is 7.15. The minimum absolute atomic E-state index is 0.742. The molecule has 0 N–H and O–H groups in total. The van der Waals surface area contributed by atoms with Gasteiger partial charge in [-0.15, -0.1) is 0 Å². The van der Waals surface area contributed by atoms with Gasteiger partial charge in [0.2, 0.25) is 0 Å². The molecule has 1 aromatic heterocycles. The second kappa shape index (κ2) is 4.62. The topological polar surface area (TPSA) is 16.1 Å². The van der Waals surface area contributed by atoms with E-state index in [9.17, 15) is 0 Å². The summed E-state index contributed by atoms with van der Waals surface area (Å²) in [6.45, 7) is 7.94. The summed E-state index contributed by atoms with van der Waals surface area (Å²) >= 11 is 3.48. The summed E-state index contributed by atoms with van der Waals surface area (Å²) in [6, 6.07) is 2.20. The fourth-order valence-corrected chi connectivity index (χ4v) is 2.51. The van der Waals surface area contributed by atoms with Crippen molar-refractivity contribution >= 4 is 15.9 Å². The van der Waals surface area contributed by atoms with Crippen LogP contribution in [0.1, 0.15) is 25.1 Å². The van der Waals surface area contributed by atoms with E-state index in [1.54, 1.807) is 0 Å². The van der Waals surface area contributed by atoms with Crippen LogP contribution >= 0.6 is 15.9 Å². The van der Waals surface area contributed by atoms with E-state index in [1.807, 2.05) is 6.20 Å². The molecule has 2 heterocycles. The largest absolute Gasteiger partial charge is 0.298 e. The highest BCUT2D eigenvalue weighted by molar-refractivity contribution is 9.10. The van der Waals surface area contributed by atoms with Gasteiger partial charge in [0.15, 0.2) is 0 Å². The van der Waals surface area contributed by atoms with Crippen molar-refractivity contribution in [3.05, 3.63) is 28.0 Å². The Hall–Kier alpha value is -0.410. The summed E-state index contributed by atoms with van der Waals surface area (Å²) in [7, 11) is 0. The van der Waals surface area contributed by atoms with Crippen LogP contribution in [0.2, 0.25) is 0 Å². The SMILES string of the molecule is CC(C)CN1CCc2ncc(Br)cc2C1. The number of hydrogen-bond donors (Lipinski definition) is 0. The van der Waals surface area contributed by atoms with E-state index in [2.05, 4.69) is 45.7 Å². The van der Waals surface area contributed by atoms with Gasteiger partial charge < -0.3 is 0 Å². The zero-order valence-corrected chi connectivity index (χ0v) is 10.9. The molecular weight excluding hydrogens is 252 g/mol. The highest BCUT2D eigenvalue weighted by atomic mass is 79.9. The van der Waals surface area contributed by atoms with Crippen molar-refractivity contribution in [3.63, 3.8) is 0 Å². The lowest BCUT2D eigenvalue weighted by Crippen LogP contribution is -2.33. The second-order valence-electron chi connectivity index (χ2n) is 4.64. The molecule has 3 heteroatoms. The van der Waals surface area contributed by atoms with Crippen molar-refractivity contribution in [2.24, 2.45) is 5.92 Å². The molecule has 82 valence electrons. The summed E-state index contributed by atoms with van der Waals surface area (Å²) in [5.41, 5.74) is 2.66. The molecule has 0 unspecified atom stereocenters. The van der Waals surface area contributed by atoms with Crippen LogP contribution in [0.25, 0.3) is 0 Å². The Balaban J connectivity index is 2.11. The fraction of sp³-hybridized carbons (Fsp3) is 0.583. The lowest BCUT2D eigenvalue weighted by molar-refractivity contribution is 0.224. The number of hydrogen-bond acceptors (Lipinski definition) is 2. The highest BCUT2D eigenvalue weighted by Gasteiger charge is 2.17. The molecule has 0 radical (unpaired) electrons. The van der Waals surface area contributed by atoms with Crippen molar-refractivity contribution in [1.29, 1.82) is 0 Å². The molecule has 0 aromatic carbocycles. The van der Waals surface area contributed by atoms with E-state index in [0.717, 1.165) is 29.9 Å². The summed E-state index contributed by atoms with van der Waals surface area (Å²) in [4.78, 5) is 6.97. The van der Waals surface area contributed by atoms with Gasteiger partial charge in [0.05, 0.1) is 0 Å². The maximum Gasteiger partial charge on any atom is 0.0462 e. The molecule has 15 heavy (non-hydrogen) atoms. The molecule has 0 bridgehead atoms. The van der Waals surface area contributed by atoms with E-state index in [-0.39, 0.29) is 0 Å². The van der Waals surface area contributed by atoms with Crippen LogP contribution in [-0.2, 0) is 13.0 Å². The van der Waals surface area contributed by atoms with Crippen LogP contribution < -0.4 is 0 Å². The van der Waals surface area contributed by atoms with Gasteiger partial charge in [-0.25, -0.2) is 0 Å². The Morgan fingerprint density at radius 3 is 3.07 bits per heavy atom. The lowest BCUT2D eigenvalue weighted by Gasteiger charge is -2.29. The average molecular weight is 269 g/mol. The Labute approximate surface area is 99.8 Å². The third-order valence-corrected chi connectivity index (χ3v) is 3.14. The van der Waals surface area contributed by atoms with E-state index < -0.39 is 0 Å². The molecule has 0 fully saturated rings. The molecule has 0 amide bonds. The quantitative estimate of drug-likeness (QED) is 0.820. The van der Waals surface area contributed by atoms with Crippen molar-refractivity contribution in [3.8, 4) is 0 Å². The fourth-order valence-electron chi connectivity index (χ4n) is 2.13. The van der Waals surface area contributed by atoms with Crippen molar-refractivity contribution in [2.75, 3.05) is 13.1 Å². The zero-order valence-electron chi connectivity index (χ0n) is 9.33. The van der Waals surface area contributed by atoms with Crippen molar-refractivity contribution in [1.82, 2.24) is 9.88 Å². The Morgan fingerprint density at radius 2 is 2.33 bits per heavy atom. The number of pyridine rings is 1. The summed E-state index contributed by atoms with van der Waals surface area (Å²) < 4.78 is 1.09. The minimum atomic E-state index is 0.742. The number of fused-ring (bicyclic) bond motifs is 1. The number of nitrogens with zero attached hydrogens (tertiary/aromatic N) is 2. The van der Waals surface area contributed by atoms with Gasteiger partial charge in [-0.2, -0.15) is 0 Å². The number of halogens is 1. The molecule has 1 aliphatic heterocycles. The van der Waals surface area contributed by atoms with Gasteiger partial charge in [0.1, 0.15) is 0 Å². The first kappa shape index (κ1) is 11.1. The lowest BCUT2D eigenvalue weighted by atomic mass is 10.0. The molecular formula is C12H17BrN2. The Kier molecular flexibility index (Phi) is 3.42. The molecule has 0 spiro atoms. The van der Waals surface area contributed by atoms with E-state index in [1.165, 1.54) is 17.8 Å². The summed E-state index contributed by atoms with van der Waals surface area (Å²) in [5, 5.41) is 0. The predicted molar refractivity (Wildman–Crippen MR) is 65.8 cm³/mol. The first-order valence-corrected chi connectivity index (χ1v) is 6.30. The smallest absolute Gasteiger partial charge is 0.0462 e. The highest BCUT2D eigenvalue weighted by Crippen LogP contribution is 2.21. The zero-order chi connectivity index (χ0) is 10.8. The van der Waals surface area contributed by atoms with Crippen LogP contribution in [0.15, 0.2) is 16.7 Å². The number of aromatic nitrogens is 1. The van der Waals surface area contributed by atoms with Gasteiger partial charge in [0, 0.05) is 42.4 Å². The maximum atomic E-state index is 4.46. The minimum Gasteiger partial charge on any atom is -0.298 e. The first-order valence-electron chi connectivity index (χ1n) is 5.51. The van der Waals surface area contributed by atoms with E-state index >= 15 is 0 Å². The molecule has 0 saturated carbocycles. The Morgan fingerprint density at radius 1 is 1.53 bits per heavy atom. The monoisotopic (exact) mass is 268 g/mol. The van der Waals surface area contributed by atoms with Crippen LogP contribution in [0.3, 0.4) is 0 Å². The molecule has 1 aromatic rings. The van der Waals surface area contributed by atoms with Crippen molar-refractivity contribution < 1.29 is 0 Å². The van der Waals surface area contributed by atoms with Gasteiger partial charge >= 0.3 is 0 Å². The Bertz CT molecular complexity index is 349. The molecule has 1 aliphatic rings. The molecule has 0 aliphatic carbocycles. The molecule has 0 atom stereocenters. The van der Waals surface area contributed by atoms with Crippen LogP contribution in [0.4, 0.5) is 0 Å². The second-order valence-corrected chi connectivity index (χ2v) is 5.55. The molecule has 2 rings (SSSR count).